The van der Waals surface area contributed by atoms with Crippen LogP contribution < -0.4 is 10.9 Å². The van der Waals surface area contributed by atoms with Gasteiger partial charge in [-0.2, -0.15) is 0 Å². The van der Waals surface area contributed by atoms with E-state index in [2.05, 4.69) is 26.8 Å². The summed E-state index contributed by atoms with van der Waals surface area (Å²) in [4.78, 5) is 24.2. The third kappa shape index (κ3) is 3.63. The minimum Gasteiger partial charge on any atom is -0.273 e. The summed E-state index contributed by atoms with van der Waals surface area (Å²) in [5.74, 6) is -0.638. The Morgan fingerprint density at radius 3 is 2.38 bits per heavy atom. The highest BCUT2D eigenvalue weighted by Crippen LogP contribution is 2.19. The molecule has 0 radical (unpaired) electrons. The zero-order valence-corrected chi connectivity index (χ0v) is 14.3. The van der Waals surface area contributed by atoms with Crippen molar-refractivity contribution in [2.45, 2.75) is 6.42 Å². The molecule has 120 valence electrons. The molecule has 0 bridgehead atoms. The standard InChI is InChI=1S/C19H15BrN2O2/c20-17-11-4-3-10-16(17)19(24)22-21-18(23)12-14-8-5-7-13-6-1-2-9-15(13)14/h1-11H,12H2,(H,21,23)(H,22,24). The van der Waals surface area contributed by atoms with Crippen molar-refractivity contribution >= 4 is 38.5 Å². The van der Waals surface area contributed by atoms with Crippen LogP contribution in [-0.4, -0.2) is 11.8 Å². The summed E-state index contributed by atoms with van der Waals surface area (Å²) in [6.07, 6.45) is 0.192. The van der Waals surface area contributed by atoms with Crippen LogP contribution in [0.25, 0.3) is 10.8 Å². The van der Waals surface area contributed by atoms with Gasteiger partial charge in [0.15, 0.2) is 0 Å². The first-order chi connectivity index (χ1) is 11.6. The molecule has 0 spiro atoms. The number of hydrogen-bond acceptors (Lipinski definition) is 2. The molecule has 2 N–H and O–H groups in total. The quantitative estimate of drug-likeness (QED) is 0.679. The van der Waals surface area contributed by atoms with E-state index in [1.807, 2.05) is 48.5 Å². The summed E-state index contributed by atoms with van der Waals surface area (Å²) < 4.78 is 0.672. The number of carbonyl (C=O) groups is 2. The highest BCUT2D eigenvalue weighted by atomic mass is 79.9. The Morgan fingerprint density at radius 2 is 1.54 bits per heavy atom. The number of amides is 2. The number of hydrazine groups is 1. The topological polar surface area (TPSA) is 58.2 Å². The Balaban J connectivity index is 1.66. The fourth-order valence-corrected chi connectivity index (χ4v) is 2.97. The van der Waals surface area contributed by atoms with Crippen LogP contribution in [0.3, 0.4) is 0 Å². The van der Waals surface area contributed by atoms with Gasteiger partial charge in [-0.05, 0) is 44.4 Å². The van der Waals surface area contributed by atoms with Crippen molar-refractivity contribution in [3.63, 3.8) is 0 Å². The molecule has 2 amide bonds. The van der Waals surface area contributed by atoms with Gasteiger partial charge in [0.05, 0.1) is 12.0 Å². The number of fused-ring (bicyclic) bond motifs is 1. The summed E-state index contributed by atoms with van der Waals surface area (Å²) in [5, 5.41) is 2.12. The van der Waals surface area contributed by atoms with Gasteiger partial charge in [0.1, 0.15) is 0 Å². The predicted octanol–water partition coefficient (Wildman–Crippen LogP) is 3.61. The molecule has 0 heterocycles. The summed E-state index contributed by atoms with van der Waals surface area (Å²) in [5.41, 5.74) is 6.28. The minimum absolute atomic E-state index is 0.192. The van der Waals surface area contributed by atoms with E-state index in [4.69, 9.17) is 0 Å². The maximum atomic E-state index is 12.1. The van der Waals surface area contributed by atoms with Crippen LogP contribution in [-0.2, 0) is 11.2 Å². The van der Waals surface area contributed by atoms with Crippen molar-refractivity contribution < 1.29 is 9.59 Å². The average molecular weight is 383 g/mol. The molecule has 3 aromatic carbocycles. The molecule has 24 heavy (non-hydrogen) atoms. The maximum absolute atomic E-state index is 12.1. The zero-order chi connectivity index (χ0) is 16.9. The smallest absolute Gasteiger partial charge is 0.270 e. The van der Waals surface area contributed by atoms with E-state index in [-0.39, 0.29) is 18.2 Å². The molecule has 3 aromatic rings. The second-order valence-electron chi connectivity index (χ2n) is 5.30. The van der Waals surface area contributed by atoms with Crippen molar-refractivity contribution in [1.29, 1.82) is 0 Å². The lowest BCUT2D eigenvalue weighted by Gasteiger charge is -2.10. The Hall–Kier alpha value is -2.66. The molecule has 0 aromatic heterocycles. The number of rotatable bonds is 3. The van der Waals surface area contributed by atoms with Crippen LogP contribution in [0.2, 0.25) is 0 Å². The molecule has 0 aliphatic carbocycles. The Kier molecular flexibility index (Phi) is 4.91. The second kappa shape index (κ2) is 7.27. The highest BCUT2D eigenvalue weighted by molar-refractivity contribution is 9.10. The molecule has 0 saturated heterocycles. The van der Waals surface area contributed by atoms with E-state index >= 15 is 0 Å². The molecular formula is C19H15BrN2O2. The molecule has 0 saturated carbocycles. The Bertz CT molecular complexity index is 903. The number of carbonyl (C=O) groups excluding carboxylic acids is 2. The van der Waals surface area contributed by atoms with Gasteiger partial charge in [0.2, 0.25) is 5.91 Å². The predicted molar refractivity (Wildman–Crippen MR) is 97.4 cm³/mol. The molecule has 4 nitrogen and oxygen atoms in total. The summed E-state index contributed by atoms with van der Waals surface area (Å²) in [6, 6.07) is 20.8. The first kappa shape index (κ1) is 16.2. The monoisotopic (exact) mass is 382 g/mol. The molecule has 0 aliphatic heterocycles. The molecular weight excluding hydrogens is 368 g/mol. The van der Waals surface area contributed by atoms with Crippen LogP contribution in [0, 0.1) is 0 Å². The van der Waals surface area contributed by atoms with Crippen LogP contribution >= 0.6 is 15.9 Å². The van der Waals surface area contributed by atoms with Crippen LogP contribution in [0.15, 0.2) is 71.2 Å². The van der Waals surface area contributed by atoms with E-state index in [9.17, 15) is 9.59 Å². The van der Waals surface area contributed by atoms with Crippen LogP contribution in [0.1, 0.15) is 15.9 Å². The number of hydrogen-bond donors (Lipinski definition) is 2. The van der Waals surface area contributed by atoms with E-state index in [0.717, 1.165) is 16.3 Å². The number of halogens is 1. The molecule has 0 unspecified atom stereocenters. The average Bonchev–Trinajstić information content (AvgIpc) is 2.60. The van der Waals surface area contributed by atoms with Crippen molar-refractivity contribution in [3.05, 3.63) is 82.3 Å². The largest absolute Gasteiger partial charge is 0.273 e. The van der Waals surface area contributed by atoms with Crippen LogP contribution in [0.5, 0.6) is 0 Å². The first-order valence-corrected chi connectivity index (χ1v) is 8.25. The van der Waals surface area contributed by atoms with E-state index < -0.39 is 0 Å². The maximum Gasteiger partial charge on any atom is 0.270 e. The fourth-order valence-electron chi connectivity index (χ4n) is 2.50. The molecule has 0 aliphatic rings. The van der Waals surface area contributed by atoms with Crippen LogP contribution in [0.4, 0.5) is 0 Å². The van der Waals surface area contributed by atoms with Gasteiger partial charge in [0.25, 0.3) is 5.91 Å². The lowest BCUT2D eigenvalue weighted by Crippen LogP contribution is -2.42. The van der Waals surface area contributed by atoms with Crippen molar-refractivity contribution in [1.82, 2.24) is 10.9 Å². The molecule has 3 rings (SSSR count). The van der Waals surface area contributed by atoms with Gasteiger partial charge in [-0.25, -0.2) is 0 Å². The molecule has 5 heteroatoms. The van der Waals surface area contributed by atoms with Gasteiger partial charge in [-0.1, -0.05) is 54.6 Å². The van der Waals surface area contributed by atoms with Crippen molar-refractivity contribution in [3.8, 4) is 0 Å². The van der Waals surface area contributed by atoms with Gasteiger partial charge in [-0.15, -0.1) is 0 Å². The van der Waals surface area contributed by atoms with E-state index in [1.54, 1.807) is 18.2 Å². The summed E-state index contributed by atoms with van der Waals surface area (Å²) in [6.45, 7) is 0. The summed E-state index contributed by atoms with van der Waals surface area (Å²) in [7, 11) is 0. The highest BCUT2D eigenvalue weighted by Gasteiger charge is 2.11. The fraction of sp³-hybridized carbons (Fsp3) is 0.0526. The van der Waals surface area contributed by atoms with Gasteiger partial charge >= 0.3 is 0 Å². The number of nitrogens with one attached hydrogen (secondary N) is 2. The van der Waals surface area contributed by atoms with Gasteiger partial charge in [0, 0.05) is 4.47 Å². The SMILES string of the molecule is O=C(Cc1cccc2ccccc12)NNC(=O)c1ccccc1Br. The molecule has 0 fully saturated rings. The van der Waals surface area contributed by atoms with Gasteiger partial charge in [-0.3, -0.25) is 20.4 Å². The first-order valence-electron chi connectivity index (χ1n) is 7.45. The normalized spacial score (nSPS) is 10.4. The lowest BCUT2D eigenvalue weighted by atomic mass is 10.0. The van der Waals surface area contributed by atoms with E-state index in [0.29, 0.717) is 10.0 Å². The lowest BCUT2D eigenvalue weighted by molar-refractivity contribution is -0.121. The Morgan fingerprint density at radius 1 is 0.833 bits per heavy atom. The number of benzene rings is 3. The third-order valence-electron chi connectivity index (χ3n) is 3.66. The van der Waals surface area contributed by atoms with Gasteiger partial charge < -0.3 is 0 Å². The third-order valence-corrected chi connectivity index (χ3v) is 4.36. The Labute approximate surface area is 148 Å². The minimum atomic E-state index is -0.367. The van der Waals surface area contributed by atoms with E-state index in [1.165, 1.54) is 0 Å². The van der Waals surface area contributed by atoms with Crippen molar-refractivity contribution in [2.75, 3.05) is 0 Å². The van der Waals surface area contributed by atoms with Crippen molar-refractivity contribution in [2.24, 2.45) is 0 Å². The second-order valence-corrected chi connectivity index (χ2v) is 6.15. The zero-order valence-electron chi connectivity index (χ0n) is 12.8. The molecule has 0 atom stereocenters. The summed E-state index contributed by atoms with van der Waals surface area (Å²) >= 11 is 3.31.